The molecular weight excluding hydrogens is 265 g/mol. The van der Waals surface area contributed by atoms with Gasteiger partial charge >= 0.3 is 5.97 Å². The molecule has 0 aliphatic carbocycles. The molecule has 17 heavy (non-hydrogen) atoms. The largest absolute Gasteiger partial charge is 0.478 e. The van der Waals surface area contributed by atoms with Gasteiger partial charge in [0.1, 0.15) is 5.15 Å². The van der Waals surface area contributed by atoms with Crippen LogP contribution in [0.2, 0.25) is 10.2 Å². The topological polar surface area (TPSA) is 76.0 Å². The van der Waals surface area contributed by atoms with E-state index in [1.54, 1.807) is 0 Å². The van der Waals surface area contributed by atoms with Gasteiger partial charge in [0, 0.05) is 24.2 Å². The normalized spacial score (nSPS) is 10.2. The molecule has 0 atom stereocenters. The Labute approximate surface area is 106 Å². The van der Waals surface area contributed by atoms with E-state index in [9.17, 15) is 4.79 Å². The van der Waals surface area contributed by atoms with Gasteiger partial charge in [-0.2, -0.15) is 0 Å². The van der Waals surface area contributed by atoms with E-state index in [4.69, 9.17) is 28.3 Å². The smallest absolute Gasteiger partial charge is 0.338 e. The third-order valence-electron chi connectivity index (χ3n) is 1.96. The third kappa shape index (κ3) is 2.51. The number of aromatic nitrogens is 3. The second-order valence-corrected chi connectivity index (χ2v) is 3.88. The minimum absolute atomic E-state index is 0.00465. The van der Waals surface area contributed by atoms with Gasteiger partial charge in [0.15, 0.2) is 5.82 Å². The SMILES string of the molecule is O=C(O)c1cnc(-c2cc(Cl)ncc2Cl)nc1. The van der Waals surface area contributed by atoms with Gasteiger partial charge in [-0.05, 0) is 6.07 Å². The van der Waals surface area contributed by atoms with Gasteiger partial charge in [-0.25, -0.2) is 19.7 Å². The van der Waals surface area contributed by atoms with E-state index in [1.807, 2.05) is 0 Å². The van der Waals surface area contributed by atoms with Crippen molar-refractivity contribution < 1.29 is 9.90 Å². The van der Waals surface area contributed by atoms with E-state index in [0.717, 1.165) is 0 Å². The number of pyridine rings is 1. The van der Waals surface area contributed by atoms with Gasteiger partial charge in [-0.3, -0.25) is 0 Å². The molecule has 0 aliphatic rings. The molecule has 0 amide bonds. The molecule has 7 heteroatoms. The molecule has 0 fully saturated rings. The highest BCUT2D eigenvalue weighted by atomic mass is 35.5. The number of rotatable bonds is 2. The van der Waals surface area contributed by atoms with Crippen molar-refractivity contribution in [3.63, 3.8) is 0 Å². The molecule has 0 aromatic carbocycles. The number of carboxylic acid groups (broad SMARTS) is 1. The van der Waals surface area contributed by atoms with Crippen LogP contribution < -0.4 is 0 Å². The van der Waals surface area contributed by atoms with Crippen molar-refractivity contribution in [3.05, 3.63) is 40.4 Å². The molecule has 5 nitrogen and oxygen atoms in total. The van der Waals surface area contributed by atoms with Crippen molar-refractivity contribution >= 4 is 29.2 Å². The van der Waals surface area contributed by atoms with Crippen molar-refractivity contribution in [2.24, 2.45) is 0 Å². The Kier molecular flexibility index (Phi) is 3.21. The minimum atomic E-state index is -1.09. The van der Waals surface area contributed by atoms with Gasteiger partial charge < -0.3 is 5.11 Å². The number of aromatic carboxylic acids is 1. The lowest BCUT2D eigenvalue weighted by Gasteiger charge is -2.02. The molecule has 0 bridgehead atoms. The van der Waals surface area contributed by atoms with E-state index in [0.29, 0.717) is 16.4 Å². The highest BCUT2D eigenvalue weighted by molar-refractivity contribution is 6.34. The van der Waals surface area contributed by atoms with Crippen LogP contribution in [0.4, 0.5) is 0 Å². The first-order chi connectivity index (χ1) is 8.08. The predicted molar refractivity (Wildman–Crippen MR) is 62.2 cm³/mol. The summed E-state index contributed by atoms with van der Waals surface area (Å²) in [5.41, 5.74) is 0.508. The number of carboxylic acids is 1. The molecule has 2 aromatic heterocycles. The number of carbonyl (C=O) groups is 1. The summed E-state index contributed by atoms with van der Waals surface area (Å²) in [6.07, 6.45) is 3.79. The van der Waals surface area contributed by atoms with Crippen molar-refractivity contribution in [3.8, 4) is 11.4 Å². The summed E-state index contributed by atoms with van der Waals surface area (Å²) in [7, 11) is 0. The quantitative estimate of drug-likeness (QED) is 0.848. The molecule has 0 unspecified atom stereocenters. The Bertz CT molecular complexity index is 572. The summed E-state index contributed by atoms with van der Waals surface area (Å²) < 4.78 is 0. The summed E-state index contributed by atoms with van der Waals surface area (Å²) in [5.74, 6) is -0.792. The molecular formula is C10H5Cl2N3O2. The minimum Gasteiger partial charge on any atom is -0.478 e. The second-order valence-electron chi connectivity index (χ2n) is 3.09. The maximum atomic E-state index is 10.6. The van der Waals surface area contributed by atoms with Crippen LogP contribution in [0.5, 0.6) is 0 Å². The first kappa shape index (κ1) is 11.8. The van der Waals surface area contributed by atoms with E-state index in [1.165, 1.54) is 24.7 Å². The fourth-order valence-electron chi connectivity index (χ4n) is 1.16. The first-order valence-electron chi connectivity index (χ1n) is 4.44. The molecule has 86 valence electrons. The summed E-state index contributed by atoms with van der Waals surface area (Å²) in [6, 6.07) is 1.51. The predicted octanol–water partition coefficient (Wildman–Crippen LogP) is 2.54. The van der Waals surface area contributed by atoms with E-state index >= 15 is 0 Å². The summed E-state index contributed by atoms with van der Waals surface area (Å²) in [4.78, 5) is 22.2. The lowest BCUT2D eigenvalue weighted by atomic mass is 10.2. The van der Waals surface area contributed by atoms with Crippen LogP contribution in [0.3, 0.4) is 0 Å². The van der Waals surface area contributed by atoms with Crippen LogP contribution in [0.1, 0.15) is 10.4 Å². The van der Waals surface area contributed by atoms with Gasteiger partial charge in [-0.1, -0.05) is 23.2 Å². The van der Waals surface area contributed by atoms with Crippen molar-refractivity contribution in [2.45, 2.75) is 0 Å². The lowest BCUT2D eigenvalue weighted by molar-refractivity contribution is 0.0696. The van der Waals surface area contributed by atoms with E-state index < -0.39 is 5.97 Å². The van der Waals surface area contributed by atoms with Crippen LogP contribution in [-0.2, 0) is 0 Å². The number of hydrogen-bond acceptors (Lipinski definition) is 4. The molecule has 0 radical (unpaired) electrons. The molecule has 0 aliphatic heterocycles. The molecule has 0 saturated carbocycles. The Morgan fingerprint density at radius 1 is 1.12 bits per heavy atom. The van der Waals surface area contributed by atoms with Gasteiger partial charge in [0.2, 0.25) is 0 Å². The highest BCUT2D eigenvalue weighted by Crippen LogP contribution is 2.26. The molecule has 2 heterocycles. The maximum absolute atomic E-state index is 10.6. The monoisotopic (exact) mass is 269 g/mol. The van der Waals surface area contributed by atoms with Crippen LogP contribution in [-0.4, -0.2) is 26.0 Å². The van der Waals surface area contributed by atoms with E-state index in [-0.39, 0.29) is 10.7 Å². The van der Waals surface area contributed by atoms with Crippen molar-refractivity contribution in [1.29, 1.82) is 0 Å². The fraction of sp³-hybridized carbons (Fsp3) is 0. The maximum Gasteiger partial charge on any atom is 0.338 e. The number of halogens is 2. The third-order valence-corrected chi connectivity index (χ3v) is 2.47. The van der Waals surface area contributed by atoms with E-state index in [2.05, 4.69) is 15.0 Å². The number of hydrogen-bond donors (Lipinski definition) is 1. The Balaban J connectivity index is 2.46. The lowest BCUT2D eigenvalue weighted by Crippen LogP contribution is -1.99. The summed E-state index contributed by atoms with van der Waals surface area (Å²) in [6.45, 7) is 0. The van der Waals surface area contributed by atoms with Crippen LogP contribution in [0.25, 0.3) is 11.4 Å². The average molecular weight is 270 g/mol. The summed E-state index contributed by atoms with van der Waals surface area (Å²) in [5, 5.41) is 9.31. The fourth-order valence-corrected chi connectivity index (χ4v) is 1.51. The average Bonchev–Trinajstić information content (AvgIpc) is 2.32. The zero-order valence-electron chi connectivity index (χ0n) is 8.26. The second kappa shape index (κ2) is 4.65. The van der Waals surface area contributed by atoms with Crippen molar-refractivity contribution in [2.75, 3.05) is 0 Å². The number of nitrogens with zero attached hydrogens (tertiary/aromatic N) is 3. The molecule has 0 saturated heterocycles. The molecule has 0 spiro atoms. The molecule has 2 aromatic rings. The zero-order chi connectivity index (χ0) is 12.4. The van der Waals surface area contributed by atoms with Gasteiger partial charge in [0.25, 0.3) is 0 Å². The van der Waals surface area contributed by atoms with Gasteiger partial charge in [-0.15, -0.1) is 0 Å². The standard InChI is InChI=1S/C10H5Cl2N3O2/c11-7-4-13-8(12)1-6(7)9-14-2-5(3-15-9)10(16)17/h1-4H,(H,16,17). The zero-order valence-corrected chi connectivity index (χ0v) is 9.77. The van der Waals surface area contributed by atoms with Crippen LogP contribution >= 0.6 is 23.2 Å². The Morgan fingerprint density at radius 3 is 2.35 bits per heavy atom. The van der Waals surface area contributed by atoms with Gasteiger partial charge in [0.05, 0.1) is 10.6 Å². The van der Waals surface area contributed by atoms with Crippen LogP contribution in [0, 0.1) is 0 Å². The molecule has 2 rings (SSSR count). The first-order valence-corrected chi connectivity index (χ1v) is 5.20. The summed E-state index contributed by atoms with van der Waals surface area (Å²) >= 11 is 11.6. The van der Waals surface area contributed by atoms with Crippen LogP contribution in [0.15, 0.2) is 24.7 Å². The Morgan fingerprint density at radius 2 is 1.76 bits per heavy atom. The molecule has 1 N–H and O–H groups in total. The van der Waals surface area contributed by atoms with Crippen molar-refractivity contribution in [1.82, 2.24) is 15.0 Å². The Hall–Kier alpha value is -1.72. The highest BCUT2D eigenvalue weighted by Gasteiger charge is 2.10.